The Morgan fingerprint density at radius 1 is 1.61 bits per heavy atom. The summed E-state index contributed by atoms with van der Waals surface area (Å²) in [6, 6.07) is 6.24. The standard InChI is InChI=1S/C13H14FN3O/c1-9-13(18)17(6-5-16-9)8-11-4-2-3-10(7-15)12(11)14/h2-4,9,16H,5-6,8H2,1H3. The second kappa shape index (κ2) is 5.15. The van der Waals surface area contributed by atoms with Crippen molar-refractivity contribution < 1.29 is 9.18 Å². The zero-order chi connectivity index (χ0) is 13.1. The minimum Gasteiger partial charge on any atom is -0.336 e. The number of nitriles is 1. The summed E-state index contributed by atoms with van der Waals surface area (Å²) in [6.07, 6.45) is 0. The number of carbonyl (C=O) groups is 1. The molecule has 1 aliphatic heterocycles. The van der Waals surface area contributed by atoms with Crippen molar-refractivity contribution in [1.82, 2.24) is 10.2 Å². The van der Waals surface area contributed by atoms with E-state index in [1.54, 1.807) is 30.0 Å². The molecule has 1 saturated heterocycles. The SMILES string of the molecule is CC1NCCN(Cc2cccc(C#N)c2F)C1=O. The Morgan fingerprint density at radius 2 is 2.39 bits per heavy atom. The molecule has 0 spiro atoms. The van der Waals surface area contributed by atoms with Crippen molar-refractivity contribution in [2.24, 2.45) is 0 Å². The van der Waals surface area contributed by atoms with Crippen LogP contribution >= 0.6 is 0 Å². The summed E-state index contributed by atoms with van der Waals surface area (Å²) in [7, 11) is 0. The second-order valence-corrected chi connectivity index (χ2v) is 4.33. The highest BCUT2D eigenvalue weighted by molar-refractivity contribution is 5.82. The quantitative estimate of drug-likeness (QED) is 0.848. The fraction of sp³-hybridized carbons (Fsp3) is 0.385. The number of benzene rings is 1. The van der Waals surface area contributed by atoms with Crippen molar-refractivity contribution >= 4 is 5.91 Å². The third-order valence-electron chi connectivity index (χ3n) is 3.07. The summed E-state index contributed by atoms with van der Waals surface area (Å²) in [4.78, 5) is 13.5. The lowest BCUT2D eigenvalue weighted by Gasteiger charge is -2.31. The maximum atomic E-state index is 13.9. The molecule has 2 rings (SSSR count). The van der Waals surface area contributed by atoms with Crippen LogP contribution in [0, 0.1) is 17.1 Å². The van der Waals surface area contributed by atoms with Gasteiger partial charge in [0.15, 0.2) is 0 Å². The van der Waals surface area contributed by atoms with Crippen LogP contribution in [0.4, 0.5) is 4.39 Å². The molecule has 1 N–H and O–H groups in total. The van der Waals surface area contributed by atoms with Crippen molar-refractivity contribution in [1.29, 1.82) is 5.26 Å². The lowest BCUT2D eigenvalue weighted by Crippen LogP contribution is -2.53. The molecule has 0 bridgehead atoms. The predicted octanol–water partition coefficient (Wildman–Crippen LogP) is 1.02. The summed E-state index contributed by atoms with van der Waals surface area (Å²) >= 11 is 0. The van der Waals surface area contributed by atoms with Crippen LogP contribution in [0.5, 0.6) is 0 Å². The normalized spacial score (nSPS) is 19.7. The van der Waals surface area contributed by atoms with Gasteiger partial charge in [-0.2, -0.15) is 5.26 Å². The molecule has 1 unspecified atom stereocenters. The van der Waals surface area contributed by atoms with Crippen LogP contribution in [0.2, 0.25) is 0 Å². The molecule has 5 heteroatoms. The lowest BCUT2D eigenvalue weighted by atomic mass is 10.1. The molecule has 1 fully saturated rings. The Morgan fingerprint density at radius 3 is 3.11 bits per heavy atom. The zero-order valence-electron chi connectivity index (χ0n) is 10.1. The minimum atomic E-state index is -0.529. The van der Waals surface area contributed by atoms with Gasteiger partial charge in [0.25, 0.3) is 0 Å². The smallest absolute Gasteiger partial charge is 0.239 e. The number of amides is 1. The van der Waals surface area contributed by atoms with Crippen molar-refractivity contribution in [3.8, 4) is 6.07 Å². The number of carbonyl (C=O) groups excluding carboxylic acids is 1. The van der Waals surface area contributed by atoms with E-state index in [9.17, 15) is 9.18 Å². The number of rotatable bonds is 2. The average molecular weight is 247 g/mol. The molecule has 4 nitrogen and oxygen atoms in total. The van der Waals surface area contributed by atoms with Gasteiger partial charge in [-0.25, -0.2) is 4.39 Å². The molecule has 1 atom stereocenters. The highest BCUT2D eigenvalue weighted by Crippen LogP contribution is 2.15. The molecule has 0 saturated carbocycles. The minimum absolute atomic E-state index is 0.0168. The van der Waals surface area contributed by atoms with E-state index in [-0.39, 0.29) is 24.1 Å². The Hall–Kier alpha value is -1.93. The molecule has 0 aromatic heterocycles. The highest BCUT2D eigenvalue weighted by Gasteiger charge is 2.25. The number of piperazine rings is 1. The van der Waals surface area contributed by atoms with Crippen molar-refractivity contribution in [2.75, 3.05) is 13.1 Å². The van der Waals surface area contributed by atoms with Crippen LogP contribution < -0.4 is 5.32 Å². The molecule has 94 valence electrons. The largest absolute Gasteiger partial charge is 0.336 e. The van der Waals surface area contributed by atoms with E-state index < -0.39 is 5.82 Å². The molecule has 1 aliphatic rings. The maximum Gasteiger partial charge on any atom is 0.239 e. The molecule has 1 heterocycles. The van der Waals surface area contributed by atoms with Gasteiger partial charge in [-0.3, -0.25) is 4.79 Å². The molecular weight excluding hydrogens is 233 g/mol. The van der Waals surface area contributed by atoms with Crippen LogP contribution in [0.15, 0.2) is 18.2 Å². The van der Waals surface area contributed by atoms with Crippen molar-refractivity contribution in [2.45, 2.75) is 19.5 Å². The molecular formula is C13H14FN3O. The zero-order valence-corrected chi connectivity index (χ0v) is 10.1. The van der Waals surface area contributed by atoms with Gasteiger partial charge in [0.2, 0.25) is 5.91 Å². The summed E-state index contributed by atoms with van der Waals surface area (Å²) < 4.78 is 13.9. The molecule has 0 radical (unpaired) electrons. The van der Waals surface area contributed by atoms with Crippen LogP contribution in [-0.2, 0) is 11.3 Å². The first-order valence-corrected chi connectivity index (χ1v) is 5.83. The van der Waals surface area contributed by atoms with Gasteiger partial charge in [0, 0.05) is 25.2 Å². The fourth-order valence-electron chi connectivity index (χ4n) is 2.04. The van der Waals surface area contributed by atoms with E-state index in [1.165, 1.54) is 6.07 Å². The monoisotopic (exact) mass is 247 g/mol. The van der Waals surface area contributed by atoms with Gasteiger partial charge < -0.3 is 10.2 Å². The fourth-order valence-corrected chi connectivity index (χ4v) is 2.04. The maximum absolute atomic E-state index is 13.9. The van der Waals surface area contributed by atoms with E-state index in [0.717, 1.165) is 0 Å². The van der Waals surface area contributed by atoms with E-state index in [2.05, 4.69) is 5.32 Å². The van der Waals surface area contributed by atoms with Gasteiger partial charge in [-0.15, -0.1) is 0 Å². The topological polar surface area (TPSA) is 56.1 Å². The van der Waals surface area contributed by atoms with Crippen LogP contribution in [0.3, 0.4) is 0 Å². The summed E-state index contributed by atoms with van der Waals surface area (Å²) in [5.74, 6) is -0.568. The van der Waals surface area contributed by atoms with Crippen molar-refractivity contribution in [3.63, 3.8) is 0 Å². The number of nitrogens with one attached hydrogen (secondary N) is 1. The van der Waals surface area contributed by atoms with Gasteiger partial charge in [0.05, 0.1) is 11.6 Å². The lowest BCUT2D eigenvalue weighted by molar-refractivity contribution is -0.135. The molecule has 18 heavy (non-hydrogen) atoms. The summed E-state index contributed by atoms with van der Waals surface area (Å²) in [5, 5.41) is 11.8. The van der Waals surface area contributed by atoms with Crippen LogP contribution in [0.25, 0.3) is 0 Å². The van der Waals surface area contributed by atoms with E-state index in [4.69, 9.17) is 5.26 Å². The van der Waals surface area contributed by atoms with Gasteiger partial charge in [-0.1, -0.05) is 12.1 Å². The van der Waals surface area contributed by atoms with Crippen molar-refractivity contribution in [3.05, 3.63) is 35.1 Å². The number of halogens is 1. The molecule has 1 aromatic carbocycles. The first-order chi connectivity index (χ1) is 8.63. The van der Waals surface area contributed by atoms with E-state index >= 15 is 0 Å². The predicted molar refractivity (Wildman–Crippen MR) is 64.0 cm³/mol. The van der Waals surface area contributed by atoms with Gasteiger partial charge in [0.1, 0.15) is 11.9 Å². The van der Waals surface area contributed by atoms with E-state index in [1.807, 2.05) is 0 Å². The van der Waals surface area contributed by atoms with Gasteiger partial charge >= 0.3 is 0 Å². The highest BCUT2D eigenvalue weighted by atomic mass is 19.1. The number of hydrogen-bond acceptors (Lipinski definition) is 3. The molecule has 1 aromatic rings. The van der Waals surface area contributed by atoms with Crippen LogP contribution in [-0.4, -0.2) is 29.9 Å². The first-order valence-electron chi connectivity index (χ1n) is 5.83. The Kier molecular flexibility index (Phi) is 3.58. The third kappa shape index (κ3) is 2.34. The Balaban J connectivity index is 2.19. The average Bonchev–Trinajstić information content (AvgIpc) is 2.37. The Bertz CT molecular complexity index is 509. The third-order valence-corrected chi connectivity index (χ3v) is 3.07. The Labute approximate surface area is 105 Å². The molecule has 1 amide bonds. The first kappa shape index (κ1) is 12.5. The van der Waals surface area contributed by atoms with Crippen LogP contribution in [0.1, 0.15) is 18.1 Å². The number of nitrogens with zero attached hydrogens (tertiary/aromatic N) is 2. The summed E-state index contributed by atoms with van der Waals surface area (Å²) in [6.45, 7) is 3.26. The molecule has 0 aliphatic carbocycles. The summed E-state index contributed by atoms with van der Waals surface area (Å²) in [5.41, 5.74) is 0.402. The number of hydrogen-bond donors (Lipinski definition) is 1. The second-order valence-electron chi connectivity index (χ2n) is 4.33. The van der Waals surface area contributed by atoms with E-state index in [0.29, 0.717) is 18.7 Å². The van der Waals surface area contributed by atoms with Gasteiger partial charge in [-0.05, 0) is 13.0 Å².